The summed E-state index contributed by atoms with van der Waals surface area (Å²) in [6.07, 6.45) is 2.63. The van der Waals surface area contributed by atoms with Crippen LogP contribution in [0.2, 0.25) is 0 Å². The molecular formula is C19H24N2O5S. The first-order chi connectivity index (χ1) is 12.8. The summed E-state index contributed by atoms with van der Waals surface area (Å²) in [5.41, 5.74) is 2.07. The Labute approximate surface area is 159 Å². The predicted molar refractivity (Wildman–Crippen MR) is 105 cm³/mol. The van der Waals surface area contributed by atoms with E-state index in [2.05, 4.69) is 10.0 Å². The second kappa shape index (κ2) is 9.27. The molecule has 2 aromatic carbocycles. The van der Waals surface area contributed by atoms with Gasteiger partial charge in [0.25, 0.3) is 5.91 Å². The maximum absolute atomic E-state index is 12.3. The number of carbonyl (C=O) groups is 1. The van der Waals surface area contributed by atoms with Gasteiger partial charge in [-0.15, -0.1) is 0 Å². The van der Waals surface area contributed by atoms with Gasteiger partial charge in [0.1, 0.15) is 11.5 Å². The number of methoxy groups -OCH3 is 2. The minimum Gasteiger partial charge on any atom is -0.497 e. The van der Waals surface area contributed by atoms with Crippen LogP contribution in [0, 0.1) is 0 Å². The Hall–Kier alpha value is -2.74. The molecule has 0 aliphatic carbocycles. The van der Waals surface area contributed by atoms with Gasteiger partial charge >= 0.3 is 0 Å². The number of hydrogen-bond acceptors (Lipinski definition) is 5. The van der Waals surface area contributed by atoms with Crippen molar-refractivity contribution in [2.24, 2.45) is 0 Å². The molecule has 0 saturated carbocycles. The topological polar surface area (TPSA) is 93.7 Å². The van der Waals surface area contributed by atoms with Crippen molar-refractivity contribution >= 4 is 21.6 Å². The molecule has 2 N–H and O–H groups in total. The molecule has 0 aliphatic heterocycles. The van der Waals surface area contributed by atoms with Gasteiger partial charge < -0.3 is 14.8 Å². The molecular weight excluding hydrogens is 368 g/mol. The number of aryl methyl sites for hydroxylation is 1. The van der Waals surface area contributed by atoms with Gasteiger partial charge in [-0.1, -0.05) is 12.1 Å². The SMILES string of the molecule is COc1cc(OC)cc(C(=O)NCCCc2ccc(NS(C)(=O)=O)cc2)c1. The van der Waals surface area contributed by atoms with Crippen molar-refractivity contribution < 1.29 is 22.7 Å². The molecule has 27 heavy (non-hydrogen) atoms. The lowest BCUT2D eigenvalue weighted by Gasteiger charge is -2.09. The second-order valence-corrected chi connectivity index (χ2v) is 7.78. The minimum absolute atomic E-state index is 0.195. The van der Waals surface area contributed by atoms with Crippen LogP contribution in [0.3, 0.4) is 0 Å². The van der Waals surface area contributed by atoms with Gasteiger partial charge in [-0.2, -0.15) is 0 Å². The number of sulfonamides is 1. The molecule has 0 bridgehead atoms. The molecule has 0 atom stereocenters. The molecule has 7 nitrogen and oxygen atoms in total. The molecule has 146 valence electrons. The van der Waals surface area contributed by atoms with Crippen LogP contribution in [0.1, 0.15) is 22.3 Å². The lowest BCUT2D eigenvalue weighted by Crippen LogP contribution is -2.24. The van der Waals surface area contributed by atoms with E-state index in [-0.39, 0.29) is 5.91 Å². The smallest absolute Gasteiger partial charge is 0.251 e. The van der Waals surface area contributed by atoms with Crippen molar-refractivity contribution in [2.45, 2.75) is 12.8 Å². The van der Waals surface area contributed by atoms with Crippen molar-refractivity contribution in [3.63, 3.8) is 0 Å². The van der Waals surface area contributed by atoms with E-state index >= 15 is 0 Å². The standard InChI is InChI=1S/C19H24N2O5S/c1-25-17-11-15(12-18(13-17)26-2)19(22)20-10-4-5-14-6-8-16(9-7-14)21-27(3,23)24/h6-9,11-13,21H,4-5,10H2,1-3H3,(H,20,22). The van der Waals surface area contributed by atoms with Crippen LogP contribution in [-0.2, 0) is 16.4 Å². The van der Waals surface area contributed by atoms with E-state index in [1.165, 1.54) is 14.2 Å². The molecule has 8 heteroatoms. The highest BCUT2D eigenvalue weighted by molar-refractivity contribution is 7.92. The zero-order chi connectivity index (χ0) is 19.9. The van der Waals surface area contributed by atoms with Gasteiger partial charge in [0.05, 0.1) is 20.5 Å². The minimum atomic E-state index is -3.27. The van der Waals surface area contributed by atoms with E-state index < -0.39 is 10.0 Å². The first kappa shape index (κ1) is 20.6. The van der Waals surface area contributed by atoms with E-state index in [1.807, 2.05) is 12.1 Å². The van der Waals surface area contributed by atoms with Crippen LogP contribution in [0.15, 0.2) is 42.5 Å². The number of hydrogen-bond donors (Lipinski definition) is 2. The van der Waals surface area contributed by atoms with E-state index in [1.54, 1.807) is 30.3 Å². The molecule has 0 unspecified atom stereocenters. The van der Waals surface area contributed by atoms with Crippen LogP contribution >= 0.6 is 0 Å². The fraction of sp³-hybridized carbons (Fsp3) is 0.316. The number of carbonyl (C=O) groups excluding carboxylic acids is 1. The normalized spacial score (nSPS) is 10.9. The van der Waals surface area contributed by atoms with E-state index in [4.69, 9.17) is 9.47 Å². The van der Waals surface area contributed by atoms with Gasteiger partial charge in [-0.25, -0.2) is 8.42 Å². The largest absolute Gasteiger partial charge is 0.497 e. The molecule has 0 aromatic heterocycles. The molecule has 2 rings (SSSR count). The lowest BCUT2D eigenvalue weighted by atomic mass is 10.1. The Balaban J connectivity index is 1.83. The quantitative estimate of drug-likeness (QED) is 0.639. The first-order valence-corrected chi connectivity index (χ1v) is 10.3. The zero-order valence-corrected chi connectivity index (χ0v) is 16.4. The first-order valence-electron chi connectivity index (χ1n) is 8.39. The van der Waals surface area contributed by atoms with Crippen molar-refractivity contribution in [2.75, 3.05) is 31.7 Å². The van der Waals surface area contributed by atoms with Gasteiger partial charge in [0.2, 0.25) is 10.0 Å². The summed E-state index contributed by atoms with van der Waals surface area (Å²) in [4.78, 5) is 12.3. The maximum atomic E-state index is 12.3. The lowest BCUT2D eigenvalue weighted by molar-refractivity contribution is 0.0952. The molecule has 0 spiro atoms. The van der Waals surface area contributed by atoms with Crippen LogP contribution in [-0.4, -0.2) is 41.3 Å². The zero-order valence-electron chi connectivity index (χ0n) is 15.6. The average molecular weight is 392 g/mol. The molecule has 0 radical (unpaired) electrons. The molecule has 1 amide bonds. The highest BCUT2D eigenvalue weighted by atomic mass is 32.2. The number of benzene rings is 2. The average Bonchev–Trinajstić information content (AvgIpc) is 2.64. The molecule has 0 aliphatic rings. The van der Waals surface area contributed by atoms with Crippen molar-refractivity contribution in [1.29, 1.82) is 0 Å². The summed E-state index contributed by atoms with van der Waals surface area (Å²) < 4.78 is 35.1. The van der Waals surface area contributed by atoms with Crippen LogP contribution in [0.5, 0.6) is 11.5 Å². The Morgan fingerprint density at radius 3 is 2.11 bits per heavy atom. The summed E-state index contributed by atoms with van der Waals surface area (Å²) >= 11 is 0. The Morgan fingerprint density at radius 2 is 1.59 bits per heavy atom. The fourth-order valence-corrected chi connectivity index (χ4v) is 3.05. The van der Waals surface area contributed by atoms with Gasteiger partial charge in [-0.3, -0.25) is 9.52 Å². The van der Waals surface area contributed by atoms with Crippen LogP contribution < -0.4 is 19.5 Å². The Bertz CT molecular complexity index is 857. The molecule has 0 saturated heterocycles. The number of ether oxygens (including phenoxy) is 2. The monoisotopic (exact) mass is 392 g/mol. The van der Waals surface area contributed by atoms with Crippen LogP contribution in [0.4, 0.5) is 5.69 Å². The van der Waals surface area contributed by atoms with E-state index in [0.717, 1.165) is 24.7 Å². The number of rotatable bonds is 9. The van der Waals surface area contributed by atoms with Crippen molar-refractivity contribution in [1.82, 2.24) is 5.32 Å². The summed E-state index contributed by atoms with van der Waals surface area (Å²) in [7, 11) is -0.203. The predicted octanol–water partition coefficient (Wildman–Crippen LogP) is 2.44. The van der Waals surface area contributed by atoms with Crippen molar-refractivity contribution in [3.05, 3.63) is 53.6 Å². The summed E-state index contributed by atoms with van der Waals surface area (Å²) in [5, 5.41) is 2.87. The third kappa shape index (κ3) is 6.82. The Kier molecular flexibility index (Phi) is 7.06. The molecule has 0 heterocycles. The van der Waals surface area contributed by atoms with Gasteiger partial charge in [-0.05, 0) is 42.7 Å². The Morgan fingerprint density at radius 1 is 1.00 bits per heavy atom. The summed E-state index contributed by atoms with van der Waals surface area (Å²) in [6, 6.07) is 12.2. The summed E-state index contributed by atoms with van der Waals surface area (Å²) in [5.74, 6) is 0.921. The molecule has 0 fully saturated rings. The maximum Gasteiger partial charge on any atom is 0.251 e. The third-order valence-electron chi connectivity index (χ3n) is 3.80. The third-order valence-corrected chi connectivity index (χ3v) is 4.41. The molecule has 2 aromatic rings. The second-order valence-electron chi connectivity index (χ2n) is 6.03. The highest BCUT2D eigenvalue weighted by Crippen LogP contribution is 2.22. The number of nitrogens with one attached hydrogen (secondary N) is 2. The van der Waals surface area contributed by atoms with Gasteiger partial charge in [0, 0.05) is 23.9 Å². The number of amides is 1. The van der Waals surface area contributed by atoms with E-state index in [0.29, 0.717) is 29.3 Å². The van der Waals surface area contributed by atoms with Crippen LogP contribution in [0.25, 0.3) is 0 Å². The highest BCUT2D eigenvalue weighted by Gasteiger charge is 2.09. The van der Waals surface area contributed by atoms with E-state index in [9.17, 15) is 13.2 Å². The van der Waals surface area contributed by atoms with Crippen molar-refractivity contribution in [3.8, 4) is 11.5 Å². The fourth-order valence-electron chi connectivity index (χ4n) is 2.49. The van der Waals surface area contributed by atoms with Gasteiger partial charge in [0.15, 0.2) is 0 Å². The summed E-state index contributed by atoms with van der Waals surface area (Å²) in [6.45, 7) is 0.516. The number of anilines is 1.